The largest absolute Gasteiger partial charge is 0.480 e. The third-order valence-corrected chi connectivity index (χ3v) is 9.30. The molecule has 2 aromatic carbocycles. The zero-order chi connectivity index (χ0) is 27.7. The Balaban J connectivity index is 1.31. The lowest BCUT2D eigenvalue weighted by Crippen LogP contribution is -2.47. The molecule has 0 spiro atoms. The maximum absolute atomic E-state index is 14.2. The molecule has 3 aromatic rings. The third-order valence-electron chi connectivity index (χ3n) is 9.30. The first kappa shape index (κ1) is 27.8. The van der Waals surface area contributed by atoms with E-state index in [1.807, 2.05) is 27.0 Å². The maximum atomic E-state index is 14.2. The van der Waals surface area contributed by atoms with Crippen molar-refractivity contribution in [2.75, 3.05) is 26.7 Å². The van der Waals surface area contributed by atoms with Crippen LogP contribution in [0, 0.1) is 17.7 Å². The first-order valence-corrected chi connectivity index (χ1v) is 14.6. The normalized spacial score (nSPS) is 23.7. The lowest BCUT2D eigenvalue weighted by molar-refractivity contribution is -0.145. The van der Waals surface area contributed by atoms with Gasteiger partial charge in [0, 0.05) is 36.1 Å². The lowest BCUT2D eigenvalue weighted by Gasteiger charge is -2.35. The number of carbonyl (C=O) groups is 1. The molecule has 1 aliphatic heterocycles. The van der Waals surface area contributed by atoms with Crippen LogP contribution in [-0.2, 0) is 11.3 Å². The van der Waals surface area contributed by atoms with Crippen LogP contribution in [0.3, 0.4) is 0 Å². The van der Waals surface area contributed by atoms with E-state index in [0.717, 1.165) is 62.9 Å². The molecule has 2 aliphatic rings. The summed E-state index contributed by atoms with van der Waals surface area (Å²) in [6.07, 6.45) is 4.00. The standard InChI is InChI=1S/C32H43FN4O2/c1-5-37-31(27-11-6-7-12-29(27)34-37)22-13-15-36(16-14-22)20-24-18-26(35(4)30(21(2)3)32(38)39)19-28(24)23-9-8-10-25(33)17-23/h6-12,17,21-22,24,26,28,30H,5,13-16,18-20H2,1-4H3,(H,38,39)/t24-,26+,28-,30-/m1/s1. The van der Waals surface area contributed by atoms with E-state index in [-0.39, 0.29) is 23.7 Å². The van der Waals surface area contributed by atoms with Gasteiger partial charge >= 0.3 is 5.97 Å². The minimum Gasteiger partial charge on any atom is -0.480 e. The summed E-state index contributed by atoms with van der Waals surface area (Å²) in [7, 11) is 1.96. The van der Waals surface area contributed by atoms with Crippen molar-refractivity contribution in [2.45, 2.75) is 76.9 Å². The number of likely N-dealkylation sites (N-methyl/N-ethyl adjacent to an activating group) is 1. The summed E-state index contributed by atoms with van der Waals surface area (Å²) < 4.78 is 16.4. The second kappa shape index (κ2) is 11.8. The van der Waals surface area contributed by atoms with Crippen molar-refractivity contribution in [3.8, 4) is 0 Å². The van der Waals surface area contributed by atoms with Gasteiger partial charge in [-0.3, -0.25) is 14.4 Å². The third kappa shape index (κ3) is 5.75. The molecule has 7 heteroatoms. The monoisotopic (exact) mass is 534 g/mol. The van der Waals surface area contributed by atoms with Crippen molar-refractivity contribution in [2.24, 2.45) is 11.8 Å². The highest BCUT2D eigenvalue weighted by molar-refractivity contribution is 5.82. The molecule has 1 N–H and O–H groups in total. The Hall–Kier alpha value is -2.77. The average molecular weight is 535 g/mol. The number of hydrogen-bond donors (Lipinski definition) is 1. The van der Waals surface area contributed by atoms with Gasteiger partial charge in [-0.15, -0.1) is 0 Å². The first-order valence-electron chi connectivity index (χ1n) is 14.6. The van der Waals surface area contributed by atoms with Gasteiger partial charge in [0.2, 0.25) is 0 Å². The summed E-state index contributed by atoms with van der Waals surface area (Å²) in [6, 6.07) is 15.2. The molecular weight excluding hydrogens is 491 g/mol. The molecule has 0 bridgehead atoms. The zero-order valence-corrected chi connectivity index (χ0v) is 23.8. The number of benzene rings is 2. The molecule has 5 rings (SSSR count). The van der Waals surface area contributed by atoms with E-state index in [9.17, 15) is 14.3 Å². The Labute approximate surface area is 231 Å². The summed E-state index contributed by atoms with van der Waals surface area (Å²) in [5, 5.41) is 16.1. The van der Waals surface area contributed by atoms with Crippen LogP contribution in [-0.4, -0.2) is 69.4 Å². The molecule has 1 aromatic heterocycles. The number of carboxylic acid groups (broad SMARTS) is 1. The van der Waals surface area contributed by atoms with E-state index in [1.165, 1.54) is 17.1 Å². The summed E-state index contributed by atoms with van der Waals surface area (Å²) >= 11 is 0. The number of aryl methyl sites for hydroxylation is 1. The molecule has 0 amide bonds. The summed E-state index contributed by atoms with van der Waals surface area (Å²) in [6.45, 7) is 10.0. The van der Waals surface area contributed by atoms with Crippen LogP contribution in [0.4, 0.5) is 4.39 Å². The Morgan fingerprint density at radius 1 is 1.13 bits per heavy atom. The van der Waals surface area contributed by atoms with Crippen molar-refractivity contribution in [3.05, 3.63) is 65.6 Å². The summed E-state index contributed by atoms with van der Waals surface area (Å²) in [4.78, 5) is 16.7. The highest BCUT2D eigenvalue weighted by atomic mass is 19.1. The number of nitrogens with zero attached hydrogens (tertiary/aromatic N) is 4. The summed E-state index contributed by atoms with van der Waals surface area (Å²) in [5.41, 5.74) is 3.50. The number of likely N-dealkylation sites (tertiary alicyclic amines) is 1. The number of aromatic nitrogens is 2. The molecule has 2 heterocycles. The van der Waals surface area contributed by atoms with E-state index in [2.05, 4.69) is 45.7 Å². The molecule has 1 aliphatic carbocycles. The molecule has 6 nitrogen and oxygen atoms in total. The van der Waals surface area contributed by atoms with Gasteiger partial charge in [-0.2, -0.15) is 5.10 Å². The molecule has 39 heavy (non-hydrogen) atoms. The molecule has 210 valence electrons. The smallest absolute Gasteiger partial charge is 0.321 e. The van der Waals surface area contributed by atoms with Crippen molar-refractivity contribution in [1.82, 2.24) is 19.6 Å². The van der Waals surface area contributed by atoms with Crippen LogP contribution >= 0.6 is 0 Å². The molecule has 0 unspecified atom stereocenters. The number of fused-ring (bicyclic) bond motifs is 1. The van der Waals surface area contributed by atoms with Crippen LogP contribution in [0.2, 0.25) is 0 Å². The van der Waals surface area contributed by atoms with Gasteiger partial charge < -0.3 is 10.0 Å². The lowest BCUT2D eigenvalue weighted by atomic mass is 9.87. The van der Waals surface area contributed by atoms with E-state index in [0.29, 0.717) is 11.8 Å². The van der Waals surface area contributed by atoms with E-state index < -0.39 is 12.0 Å². The Bertz CT molecular complexity index is 1280. The predicted molar refractivity (Wildman–Crippen MR) is 153 cm³/mol. The van der Waals surface area contributed by atoms with Gasteiger partial charge in [-0.25, -0.2) is 4.39 Å². The van der Waals surface area contributed by atoms with Gasteiger partial charge in [-0.05, 0) is 94.3 Å². The second-order valence-electron chi connectivity index (χ2n) is 12.0. The first-order chi connectivity index (χ1) is 18.8. The van der Waals surface area contributed by atoms with Gasteiger partial charge in [0.1, 0.15) is 11.9 Å². The van der Waals surface area contributed by atoms with Crippen molar-refractivity contribution >= 4 is 16.9 Å². The Morgan fingerprint density at radius 2 is 1.87 bits per heavy atom. The van der Waals surface area contributed by atoms with Crippen molar-refractivity contribution in [1.29, 1.82) is 0 Å². The fourth-order valence-electron chi connectivity index (χ4n) is 7.42. The maximum Gasteiger partial charge on any atom is 0.321 e. The molecule has 1 saturated carbocycles. The SMILES string of the molecule is CCn1nc2ccccc2c1C1CCN(C[C@H]2C[C@H](N(C)[C@@H](C(=O)O)C(C)C)C[C@@H]2c2cccc(F)c2)CC1. The Kier molecular flexibility index (Phi) is 8.38. The van der Waals surface area contributed by atoms with Crippen LogP contribution in [0.15, 0.2) is 48.5 Å². The van der Waals surface area contributed by atoms with Gasteiger partial charge in [0.15, 0.2) is 0 Å². The zero-order valence-electron chi connectivity index (χ0n) is 23.8. The number of halogens is 1. The van der Waals surface area contributed by atoms with E-state index >= 15 is 0 Å². The fourth-order valence-corrected chi connectivity index (χ4v) is 7.42. The van der Waals surface area contributed by atoms with Crippen LogP contribution in [0.5, 0.6) is 0 Å². The topological polar surface area (TPSA) is 61.6 Å². The van der Waals surface area contributed by atoms with Crippen molar-refractivity contribution in [3.63, 3.8) is 0 Å². The van der Waals surface area contributed by atoms with E-state index in [4.69, 9.17) is 5.10 Å². The Morgan fingerprint density at radius 3 is 2.54 bits per heavy atom. The second-order valence-corrected chi connectivity index (χ2v) is 12.0. The quantitative estimate of drug-likeness (QED) is 0.366. The van der Waals surface area contributed by atoms with E-state index in [1.54, 1.807) is 12.1 Å². The predicted octanol–water partition coefficient (Wildman–Crippen LogP) is 5.98. The van der Waals surface area contributed by atoms with Gasteiger partial charge in [0.25, 0.3) is 0 Å². The highest BCUT2D eigenvalue weighted by Crippen LogP contribution is 2.44. The highest BCUT2D eigenvalue weighted by Gasteiger charge is 2.42. The molecular formula is C32H43FN4O2. The minimum absolute atomic E-state index is 0.0193. The van der Waals surface area contributed by atoms with Crippen LogP contribution in [0.25, 0.3) is 10.9 Å². The summed E-state index contributed by atoms with van der Waals surface area (Å²) in [5.74, 6) is 0.133. The van der Waals surface area contributed by atoms with Crippen molar-refractivity contribution < 1.29 is 14.3 Å². The fraction of sp³-hybridized carbons (Fsp3) is 0.562. The number of piperidine rings is 1. The van der Waals surface area contributed by atoms with Crippen LogP contribution < -0.4 is 0 Å². The molecule has 1 saturated heterocycles. The number of aliphatic carboxylic acids is 1. The molecule has 0 radical (unpaired) electrons. The molecule has 4 atom stereocenters. The van der Waals surface area contributed by atoms with Crippen LogP contribution in [0.1, 0.15) is 69.5 Å². The molecule has 2 fully saturated rings. The number of hydrogen-bond acceptors (Lipinski definition) is 4. The van der Waals surface area contributed by atoms with Gasteiger partial charge in [-0.1, -0.05) is 44.2 Å². The minimum atomic E-state index is -0.765. The average Bonchev–Trinajstić information content (AvgIpc) is 3.50. The van der Waals surface area contributed by atoms with Gasteiger partial charge in [0.05, 0.1) is 5.52 Å². The number of carboxylic acids is 1. The number of rotatable bonds is 9.